The molecule has 0 fully saturated rings. The fourth-order valence-electron chi connectivity index (χ4n) is 0.777. The van der Waals surface area contributed by atoms with E-state index in [9.17, 15) is 0 Å². The highest BCUT2D eigenvalue weighted by atomic mass is 16.3. The zero-order chi connectivity index (χ0) is 8.74. The summed E-state index contributed by atoms with van der Waals surface area (Å²) >= 11 is 0. The third-order valence-electron chi connectivity index (χ3n) is 1.91. The first-order valence-corrected chi connectivity index (χ1v) is 3.72. The van der Waals surface area contributed by atoms with E-state index in [1.165, 1.54) is 0 Å². The van der Waals surface area contributed by atoms with Gasteiger partial charge in [-0.25, -0.2) is 0 Å². The Morgan fingerprint density at radius 3 is 1.82 bits per heavy atom. The second-order valence-electron chi connectivity index (χ2n) is 2.83. The van der Waals surface area contributed by atoms with Crippen LogP contribution in [-0.4, -0.2) is 48.7 Å². The lowest BCUT2D eigenvalue weighted by molar-refractivity contribution is 0.000138. The molecule has 68 valence electrons. The SMILES string of the molecule is CNCCC(CO)(CO)CO. The molecule has 11 heavy (non-hydrogen) atoms. The predicted molar refractivity (Wildman–Crippen MR) is 42.2 cm³/mol. The molecule has 0 unspecified atom stereocenters. The van der Waals surface area contributed by atoms with Gasteiger partial charge < -0.3 is 20.6 Å². The van der Waals surface area contributed by atoms with Gasteiger partial charge in [-0.3, -0.25) is 0 Å². The van der Waals surface area contributed by atoms with E-state index in [1.54, 1.807) is 7.05 Å². The van der Waals surface area contributed by atoms with Crippen LogP contribution in [0.3, 0.4) is 0 Å². The van der Waals surface area contributed by atoms with Crippen molar-refractivity contribution in [1.29, 1.82) is 0 Å². The molecule has 0 spiro atoms. The summed E-state index contributed by atoms with van der Waals surface area (Å²) in [6.45, 7) is 0.146. The highest BCUT2D eigenvalue weighted by Crippen LogP contribution is 2.18. The average molecular weight is 163 g/mol. The summed E-state index contributed by atoms with van der Waals surface area (Å²) in [5, 5.41) is 29.5. The van der Waals surface area contributed by atoms with Crippen LogP contribution in [0.15, 0.2) is 0 Å². The summed E-state index contributed by atoms with van der Waals surface area (Å²) in [4.78, 5) is 0. The van der Waals surface area contributed by atoms with Crippen molar-refractivity contribution in [2.45, 2.75) is 6.42 Å². The van der Waals surface area contributed by atoms with Crippen LogP contribution in [-0.2, 0) is 0 Å². The summed E-state index contributed by atoms with van der Waals surface area (Å²) < 4.78 is 0. The van der Waals surface area contributed by atoms with Gasteiger partial charge in [-0.2, -0.15) is 0 Å². The van der Waals surface area contributed by atoms with Crippen molar-refractivity contribution in [3.63, 3.8) is 0 Å². The van der Waals surface area contributed by atoms with Gasteiger partial charge >= 0.3 is 0 Å². The van der Waals surface area contributed by atoms with Gasteiger partial charge in [-0.15, -0.1) is 0 Å². The molecule has 0 rings (SSSR count). The topological polar surface area (TPSA) is 72.7 Å². The summed E-state index contributed by atoms with van der Waals surface area (Å²) in [7, 11) is 1.79. The van der Waals surface area contributed by atoms with Gasteiger partial charge in [0.15, 0.2) is 0 Å². The molecular formula is C7H17NO3. The lowest BCUT2D eigenvalue weighted by atomic mass is 9.87. The molecule has 0 aliphatic rings. The summed E-state index contributed by atoms with van der Waals surface area (Å²) in [5.74, 6) is 0. The second kappa shape index (κ2) is 5.49. The van der Waals surface area contributed by atoms with Gasteiger partial charge in [-0.1, -0.05) is 0 Å². The molecule has 0 atom stereocenters. The monoisotopic (exact) mass is 163 g/mol. The molecule has 4 heteroatoms. The van der Waals surface area contributed by atoms with Gasteiger partial charge in [0.25, 0.3) is 0 Å². The normalized spacial score (nSPS) is 12.0. The number of hydrogen-bond acceptors (Lipinski definition) is 4. The quantitative estimate of drug-likeness (QED) is 0.387. The molecule has 0 aliphatic heterocycles. The zero-order valence-corrected chi connectivity index (χ0v) is 6.88. The fraction of sp³-hybridized carbons (Fsp3) is 1.00. The maximum absolute atomic E-state index is 8.86. The van der Waals surface area contributed by atoms with Crippen molar-refractivity contribution in [2.24, 2.45) is 5.41 Å². The zero-order valence-electron chi connectivity index (χ0n) is 6.88. The third-order valence-corrected chi connectivity index (χ3v) is 1.91. The lowest BCUT2D eigenvalue weighted by Crippen LogP contribution is -2.36. The molecule has 0 heterocycles. The smallest absolute Gasteiger partial charge is 0.0532 e. The Morgan fingerprint density at radius 1 is 1.09 bits per heavy atom. The molecule has 0 radical (unpaired) electrons. The van der Waals surface area contributed by atoms with Gasteiger partial charge in [0.1, 0.15) is 0 Å². The van der Waals surface area contributed by atoms with Crippen LogP contribution in [0.25, 0.3) is 0 Å². The Labute approximate surface area is 66.9 Å². The van der Waals surface area contributed by atoms with Crippen molar-refractivity contribution in [3.8, 4) is 0 Å². The van der Waals surface area contributed by atoms with Crippen molar-refractivity contribution in [1.82, 2.24) is 5.32 Å². The molecule has 0 bridgehead atoms. The minimum Gasteiger partial charge on any atom is -0.396 e. The average Bonchev–Trinajstić information content (AvgIpc) is 2.08. The number of aliphatic hydroxyl groups is 3. The molecule has 0 aliphatic carbocycles. The Hall–Kier alpha value is -0.160. The molecule has 0 aromatic carbocycles. The van der Waals surface area contributed by atoms with Crippen LogP contribution < -0.4 is 5.32 Å². The van der Waals surface area contributed by atoms with Gasteiger partial charge in [0, 0.05) is 5.41 Å². The van der Waals surface area contributed by atoms with E-state index in [0.29, 0.717) is 13.0 Å². The van der Waals surface area contributed by atoms with Gasteiger partial charge in [0.05, 0.1) is 19.8 Å². The van der Waals surface area contributed by atoms with Crippen LogP contribution in [0.4, 0.5) is 0 Å². The van der Waals surface area contributed by atoms with Crippen LogP contribution in [0.2, 0.25) is 0 Å². The van der Waals surface area contributed by atoms with E-state index in [4.69, 9.17) is 15.3 Å². The molecule has 4 nitrogen and oxygen atoms in total. The van der Waals surface area contributed by atoms with Crippen LogP contribution in [0.5, 0.6) is 0 Å². The van der Waals surface area contributed by atoms with E-state index in [0.717, 1.165) is 0 Å². The van der Waals surface area contributed by atoms with E-state index in [-0.39, 0.29) is 19.8 Å². The minimum atomic E-state index is -0.719. The number of rotatable bonds is 6. The molecule has 0 saturated heterocycles. The molecule has 0 saturated carbocycles. The Bertz CT molecular complexity index is 85.4. The first-order valence-electron chi connectivity index (χ1n) is 3.72. The van der Waals surface area contributed by atoms with Gasteiger partial charge in [-0.05, 0) is 20.0 Å². The highest BCUT2D eigenvalue weighted by molar-refractivity contribution is 4.77. The van der Waals surface area contributed by atoms with Crippen LogP contribution >= 0.6 is 0 Å². The van der Waals surface area contributed by atoms with E-state index >= 15 is 0 Å². The fourth-order valence-corrected chi connectivity index (χ4v) is 0.777. The van der Waals surface area contributed by atoms with Crippen LogP contribution in [0, 0.1) is 5.41 Å². The van der Waals surface area contributed by atoms with Gasteiger partial charge in [0.2, 0.25) is 0 Å². The minimum absolute atomic E-state index is 0.179. The summed E-state index contributed by atoms with van der Waals surface area (Å²) in [6, 6.07) is 0. The highest BCUT2D eigenvalue weighted by Gasteiger charge is 2.26. The first-order chi connectivity index (χ1) is 5.24. The Morgan fingerprint density at radius 2 is 1.55 bits per heavy atom. The Balaban J connectivity index is 3.84. The van der Waals surface area contributed by atoms with E-state index in [2.05, 4.69) is 5.32 Å². The first kappa shape index (κ1) is 10.8. The maximum Gasteiger partial charge on any atom is 0.0532 e. The maximum atomic E-state index is 8.86. The standard InChI is InChI=1S/C7H17NO3/c1-8-3-2-7(4-9,5-10)6-11/h8-11H,2-6H2,1H3. The van der Waals surface area contributed by atoms with Crippen LogP contribution in [0.1, 0.15) is 6.42 Å². The third kappa shape index (κ3) is 3.16. The number of aliphatic hydroxyl groups excluding tert-OH is 3. The predicted octanol–water partition coefficient (Wildman–Crippen LogP) is -1.44. The van der Waals surface area contributed by atoms with Crippen molar-refractivity contribution in [2.75, 3.05) is 33.4 Å². The largest absolute Gasteiger partial charge is 0.396 e. The lowest BCUT2D eigenvalue weighted by Gasteiger charge is -2.26. The second-order valence-corrected chi connectivity index (χ2v) is 2.83. The Kier molecular flexibility index (Phi) is 5.41. The van der Waals surface area contributed by atoms with Crippen molar-refractivity contribution in [3.05, 3.63) is 0 Å². The number of hydrogen-bond donors (Lipinski definition) is 4. The van der Waals surface area contributed by atoms with E-state index < -0.39 is 5.41 Å². The summed E-state index contributed by atoms with van der Waals surface area (Å²) in [6.07, 6.45) is 0.576. The molecule has 4 N–H and O–H groups in total. The molecule has 0 amide bonds. The molecular weight excluding hydrogens is 146 g/mol. The molecule has 0 aromatic heterocycles. The van der Waals surface area contributed by atoms with Crippen molar-refractivity contribution < 1.29 is 15.3 Å². The number of nitrogens with one attached hydrogen (secondary N) is 1. The van der Waals surface area contributed by atoms with Crippen molar-refractivity contribution >= 4 is 0 Å². The summed E-state index contributed by atoms with van der Waals surface area (Å²) in [5.41, 5.74) is -0.719. The molecule has 0 aromatic rings. The van der Waals surface area contributed by atoms with E-state index in [1.807, 2.05) is 0 Å².